The van der Waals surface area contributed by atoms with Gasteiger partial charge in [-0.3, -0.25) is 4.99 Å². The maximum atomic E-state index is 12.6. The van der Waals surface area contributed by atoms with Gasteiger partial charge in [0.2, 0.25) is 0 Å². The van der Waals surface area contributed by atoms with Crippen molar-refractivity contribution < 1.29 is 23.0 Å². The molecule has 1 aromatic heterocycles. The summed E-state index contributed by atoms with van der Waals surface area (Å²) in [5.41, 5.74) is -0.121. The van der Waals surface area contributed by atoms with Gasteiger partial charge in [0.15, 0.2) is 23.2 Å². The van der Waals surface area contributed by atoms with Crippen molar-refractivity contribution in [1.82, 2.24) is 15.6 Å². The van der Waals surface area contributed by atoms with Crippen molar-refractivity contribution in [3.8, 4) is 11.5 Å². The van der Waals surface area contributed by atoms with E-state index in [1.54, 1.807) is 12.1 Å². The Morgan fingerprint density at radius 2 is 2.07 bits per heavy atom. The summed E-state index contributed by atoms with van der Waals surface area (Å²) in [5.74, 6) is 1.08. The highest BCUT2D eigenvalue weighted by atomic mass is 32.1. The van der Waals surface area contributed by atoms with Gasteiger partial charge in [0.05, 0.1) is 12.1 Å². The zero-order chi connectivity index (χ0) is 20.6. The Labute approximate surface area is 165 Å². The first-order valence-electron chi connectivity index (χ1n) is 8.73. The molecule has 0 atom stereocenters. The van der Waals surface area contributed by atoms with E-state index in [4.69, 9.17) is 4.74 Å². The molecule has 0 saturated carbocycles. The first-order valence-corrected chi connectivity index (χ1v) is 9.61. The first kappa shape index (κ1) is 21.8. The van der Waals surface area contributed by atoms with Gasteiger partial charge in [-0.2, -0.15) is 13.2 Å². The molecule has 0 radical (unpaired) electrons. The smallest absolute Gasteiger partial charge is 0.434 e. The molecule has 3 N–H and O–H groups in total. The van der Waals surface area contributed by atoms with Crippen molar-refractivity contribution in [2.24, 2.45) is 4.99 Å². The topological polar surface area (TPSA) is 78.8 Å². The number of phenols is 1. The van der Waals surface area contributed by atoms with E-state index in [1.807, 2.05) is 13.0 Å². The third-order valence-electron chi connectivity index (χ3n) is 3.77. The van der Waals surface area contributed by atoms with E-state index in [9.17, 15) is 18.3 Å². The molecule has 1 heterocycles. The SMILES string of the molecule is CCNC(=NCCc1nc(C(F)(F)F)cs1)NCCc1cccc(OC)c1O. The molecule has 28 heavy (non-hydrogen) atoms. The van der Waals surface area contributed by atoms with E-state index in [2.05, 4.69) is 20.6 Å². The van der Waals surface area contributed by atoms with E-state index < -0.39 is 11.9 Å². The van der Waals surface area contributed by atoms with Crippen LogP contribution >= 0.6 is 11.3 Å². The molecule has 10 heteroatoms. The molecule has 0 aliphatic rings. The van der Waals surface area contributed by atoms with Gasteiger partial charge in [0, 0.05) is 31.4 Å². The molecule has 0 aliphatic heterocycles. The van der Waals surface area contributed by atoms with Gasteiger partial charge in [-0.15, -0.1) is 11.3 Å². The maximum Gasteiger partial charge on any atom is 0.434 e. The number of aromatic hydroxyl groups is 1. The number of halogens is 3. The van der Waals surface area contributed by atoms with Crippen LogP contribution < -0.4 is 15.4 Å². The summed E-state index contributed by atoms with van der Waals surface area (Å²) in [6.07, 6.45) is -3.54. The summed E-state index contributed by atoms with van der Waals surface area (Å²) in [5, 5.41) is 17.7. The minimum absolute atomic E-state index is 0.109. The van der Waals surface area contributed by atoms with Crippen LogP contribution in [0.15, 0.2) is 28.6 Å². The lowest BCUT2D eigenvalue weighted by Crippen LogP contribution is -2.38. The number of phenolic OH excluding ortho intramolecular Hbond substituents is 1. The van der Waals surface area contributed by atoms with Crippen molar-refractivity contribution in [2.45, 2.75) is 25.9 Å². The number of ether oxygens (including phenoxy) is 1. The Bertz CT molecular complexity index is 793. The lowest BCUT2D eigenvalue weighted by molar-refractivity contribution is -0.140. The summed E-state index contributed by atoms with van der Waals surface area (Å²) in [7, 11) is 1.49. The van der Waals surface area contributed by atoms with Crippen LogP contribution in [-0.4, -0.2) is 42.8 Å². The second-order valence-electron chi connectivity index (χ2n) is 5.78. The fraction of sp³-hybridized carbons (Fsp3) is 0.444. The Morgan fingerprint density at radius 1 is 1.29 bits per heavy atom. The Morgan fingerprint density at radius 3 is 2.71 bits per heavy atom. The number of nitrogens with one attached hydrogen (secondary N) is 2. The van der Waals surface area contributed by atoms with Crippen LogP contribution in [0.3, 0.4) is 0 Å². The molecular weight excluding hydrogens is 393 g/mol. The van der Waals surface area contributed by atoms with Crippen molar-refractivity contribution in [1.29, 1.82) is 0 Å². The predicted octanol–water partition coefficient (Wildman–Crippen LogP) is 3.22. The van der Waals surface area contributed by atoms with Crippen LogP contribution in [0.4, 0.5) is 13.2 Å². The highest BCUT2D eigenvalue weighted by molar-refractivity contribution is 7.09. The predicted molar refractivity (Wildman–Crippen MR) is 103 cm³/mol. The number of benzene rings is 1. The van der Waals surface area contributed by atoms with Crippen molar-refractivity contribution >= 4 is 17.3 Å². The number of rotatable bonds is 8. The number of aromatic nitrogens is 1. The number of aliphatic imine (C=N–C) groups is 1. The molecular formula is C18H23F3N4O2S. The Balaban J connectivity index is 1.87. The summed E-state index contributed by atoms with van der Waals surface area (Å²) < 4.78 is 42.8. The van der Waals surface area contributed by atoms with E-state index >= 15 is 0 Å². The zero-order valence-electron chi connectivity index (χ0n) is 15.6. The standard InChI is InChI=1S/C18H23F3N4O2S/c1-3-22-17(23-9-7-12-5-4-6-13(27-2)16(12)26)24-10-8-15-25-14(11-28-15)18(19,20)21/h4-6,11,26H,3,7-10H2,1-2H3,(H2,22,23,24). The number of nitrogens with zero attached hydrogens (tertiary/aromatic N) is 2. The van der Waals surface area contributed by atoms with Gasteiger partial charge >= 0.3 is 6.18 Å². The average molecular weight is 416 g/mol. The number of guanidine groups is 1. The van der Waals surface area contributed by atoms with Gasteiger partial charge in [0.25, 0.3) is 0 Å². The van der Waals surface area contributed by atoms with Gasteiger partial charge in [-0.25, -0.2) is 4.98 Å². The molecule has 0 saturated heterocycles. The number of thiazole rings is 1. The van der Waals surface area contributed by atoms with E-state index in [1.165, 1.54) is 7.11 Å². The third kappa shape index (κ3) is 6.29. The fourth-order valence-corrected chi connectivity index (χ4v) is 3.21. The highest BCUT2D eigenvalue weighted by Gasteiger charge is 2.33. The molecule has 1 aromatic carbocycles. The summed E-state index contributed by atoms with van der Waals surface area (Å²) in [4.78, 5) is 7.96. The van der Waals surface area contributed by atoms with Gasteiger partial charge in [-0.1, -0.05) is 12.1 Å². The quantitative estimate of drug-likeness (QED) is 0.455. The van der Waals surface area contributed by atoms with Crippen LogP contribution in [0.2, 0.25) is 0 Å². The van der Waals surface area contributed by atoms with Crippen LogP contribution in [0.25, 0.3) is 0 Å². The second kappa shape index (κ2) is 10.2. The molecule has 0 amide bonds. The molecule has 0 unspecified atom stereocenters. The van der Waals surface area contributed by atoms with E-state index in [0.717, 1.165) is 22.3 Å². The van der Waals surface area contributed by atoms with Crippen molar-refractivity contribution in [3.05, 3.63) is 39.8 Å². The normalized spacial score (nSPS) is 12.1. The second-order valence-corrected chi connectivity index (χ2v) is 6.72. The molecule has 2 rings (SSSR count). The third-order valence-corrected chi connectivity index (χ3v) is 4.68. The Hall–Kier alpha value is -2.49. The zero-order valence-corrected chi connectivity index (χ0v) is 16.5. The van der Waals surface area contributed by atoms with Crippen molar-refractivity contribution in [3.63, 3.8) is 0 Å². The molecule has 0 fully saturated rings. The highest BCUT2D eigenvalue weighted by Crippen LogP contribution is 2.30. The molecule has 2 aromatic rings. The van der Waals surface area contributed by atoms with Gasteiger partial charge in [0.1, 0.15) is 0 Å². The lowest BCUT2D eigenvalue weighted by atomic mass is 10.1. The maximum absolute atomic E-state index is 12.6. The van der Waals surface area contributed by atoms with Crippen LogP contribution in [0, 0.1) is 0 Å². The summed E-state index contributed by atoms with van der Waals surface area (Å²) in [6, 6.07) is 5.29. The van der Waals surface area contributed by atoms with E-state index in [-0.39, 0.29) is 5.75 Å². The number of hydrogen-bond acceptors (Lipinski definition) is 5. The molecule has 0 aliphatic carbocycles. The van der Waals surface area contributed by atoms with Crippen LogP contribution in [-0.2, 0) is 19.0 Å². The molecule has 154 valence electrons. The molecule has 0 bridgehead atoms. The monoisotopic (exact) mass is 416 g/mol. The number of methoxy groups -OCH3 is 1. The van der Waals surface area contributed by atoms with Gasteiger partial charge < -0.3 is 20.5 Å². The molecule has 6 nitrogen and oxygen atoms in total. The first-order chi connectivity index (χ1) is 13.3. The fourth-order valence-electron chi connectivity index (χ4n) is 2.41. The number of para-hydroxylation sites is 1. The summed E-state index contributed by atoms with van der Waals surface area (Å²) >= 11 is 0.981. The van der Waals surface area contributed by atoms with Crippen molar-refractivity contribution in [2.75, 3.05) is 26.7 Å². The minimum Gasteiger partial charge on any atom is -0.504 e. The Kier molecular flexibility index (Phi) is 7.91. The van der Waals surface area contributed by atoms with Crippen LogP contribution in [0.1, 0.15) is 23.2 Å². The molecule has 0 spiro atoms. The lowest BCUT2D eigenvalue weighted by Gasteiger charge is -2.12. The van der Waals surface area contributed by atoms with E-state index in [0.29, 0.717) is 49.2 Å². The average Bonchev–Trinajstić information content (AvgIpc) is 3.12. The van der Waals surface area contributed by atoms with Crippen LogP contribution in [0.5, 0.6) is 11.5 Å². The largest absolute Gasteiger partial charge is 0.504 e. The number of alkyl halides is 3. The summed E-state index contributed by atoms with van der Waals surface area (Å²) in [6.45, 7) is 3.39. The minimum atomic E-state index is -4.42. The number of hydrogen-bond donors (Lipinski definition) is 3. The van der Waals surface area contributed by atoms with Gasteiger partial charge in [-0.05, 0) is 25.0 Å².